The summed E-state index contributed by atoms with van der Waals surface area (Å²) in [5, 5.41) is 0. The summed E-state index contributed by atoms with van der Waals surface area (Å²) in [6, 6.07) is 0. The standard InChI is InChI=1S/C17H24O6.C15H22O6.C15H24O5.C14H22O5.C14H24O3.C13H18O5/c1-5-17(2,3)16(20)22-7-10-8-6-9-12(11(8)14(18)21-4)15(19)23-13(9)10;1-4-15(2,3)14(17)19-6-5-18-11-9-7-8-10(20-9)12(11)21-13(8)16;1-4-15(2,3)14(17)18-8-7-13(16)20-12-9-10-5-6-11(12)19-10;1-4-14(2,3)13(16)17-8-12(15)19-11-7-9-5-6-10(11)18-9;1-4-14(2,3)13(15)16-8-7-10-9-11-5-6-12(10)17-11;1-4-13(2,3)12(15)18-9-7-5-6-8(16-7)10(9)17-11(6)14/h8-13H,5-7H2,1-4H3;8-12H,4-7H2,1-3H3;10-12H,4-9H2,1-3H3;9-11H,4-8H2,1-3H3;10-12H,4-9H2,1-3H3;6-10H,4-5H2,1-3H3. The molecule has 13 aliphatic heterocycles. The van der Waals surface area contributed by atoms with Gasteiger partial charge in [-0.15, -0.1) is 0 Å². The maximum Gasteiger partial charge on any atom is 0.344 e. The molecule has 0 aromatic carbocycles. The minimum atomic E-state index is -0.560. The van der Waals surface area contributed by atoms with Crippen molar-refractivity contribution in [2.75, 3.05) is 46.8 Å². The van der Waals surface area contributed by atoms with Crippen molar-refractivity contribution in [1.29, 1.82) is 0 Å². The fourth-order valence-electron chi connectivity index (χ4n) is 17.9. The molecule has 666 valence electrons. The highest BCUT2D eigenvalue weighted by atomic mass is 16.7. The van der Waals surface area contributed by atoms with Gasteiger partial charge in [0.2, 0.25) is 0 Å². The van der Waals surface area contributed by atoms with Crippen LogP contribution in [0.2, 0.25) is 0 Å². The zero-order valence-electron chi connectivity index (χ0n) is 73.1. The van der Waals surface area contributed by atoms with E-state index in [4.69, 9.17) is 85.3 Å². The van der Waals surface area contributed by atoms with E-state index in [-0.39, 0.29) is 219 Å². The Morgan fingerprint density at radius 1 is 0.381 bits per heavy atom. The van der Waals surface area contributed by atoms with Gasteiger partial charge in [-0.05, 0) is 204 Å². The molecule has 0 N–H and O–H groups in total. The molecule has 13 heterocycles. The van der Waals surface area contributed by atoms with Gasteiger partial charge in [0.15, 0.2) is 24.9 Å². The van der Waals surface area contributed by atoms with Gasteiger partial charge in [-0.1, -0.05) is 41.5 Å². The fraction of sp³-hybridized carbons (Fsp3) is 0.864. The van der Waals surface area contributed by atoms with Crippen LogP contribution >= 0.6 is 0 Å². The van der Waals surface area contributed by atoms with Gasteiger partial charge >= 0.3 is 71.6 Å². The first-order valence-corrected chi connectivity index (χ1v) is 43.6. The van der Waals surface area contributed by atoms with E-state index in [0.29, 0.717) is 69.9 Å². The lowest BCUT2D eigenvalue weighted by atomic mass is 9.74. The molecular weight excluding hydrogens is 1540 g/mol. The molecule has 0 radical (unpaired) electrons. The quantitative estimate of drug-likeness (QED) is 0.0366. The lowest BCUT2D eigenvalue weighted by Crippen LogP contribution is -2.42. The number of ether oxygens (including phenoxy) is 18. The Morgan fingerprint density at radius 3 is 1.26 bits per heavy atom. The van der Waals surface area contributed by atoms with Gasteiger partial charge in [-0.2, -0.15) is 0 Å². The van der Waals surface area contributed by atoms with E-state index in [1.165, 1.54) is 26.4 Å². The van der Waals surface area contributed by atoms with E-state index in [2.05, 4.69) is 0 Å². The van der Waals surface area contributed by atoms with E-state index in [1.807, 2.05) is 111 Å². The Bertz CT molecular complexity index is 3580. The normalized spacial score (nSPS) is 34.3. The van der Waals surface area contributed by atoms with Crippen LogP contribution < -0.4 is 0 Å². The third kappa shape index (κ3) is 21.3. The number of carbonyl (C=O) groups is 12. The maximum atomic E-state index is 12.2. The molecule has 25 unspecified atom stereocenters. The molecule has 118 heavy (non-hydrogen) atoms. The van der Waals surface area contributed by atoms with E-state index in [0.717, 1.165) is 64.2 Å². The lowest BCUT2D eigenvalue weighted by molar-refractivity contribution is -0.169. The molecule has 12 bridgehead atoms. The number of esters is 12. The largest absolute Gasteiger partial charge is 0.469 e. The van der Waals surface area contributed by atoms with Crippen LogP contribution in [0, 0.1) is 79.8 Å². The van der Waals surface area contributed by atoms with E-state index >= 15 is 0 Å². The fourth-order valence-corrected chi connectivity index (χ4v) is 17.9. The van der Waals surface area contributed by atoms with Gasteiger partial charge in [0, 0.05) is 24.7 Å². The van der Waals surface area contributed by atoms with Crippen molar-refractivity contribution in [3.63, 3.8) is 0 Å². The van der Waals surface area contributed by atoms with Crippen molar-refractivity contribution < 1.29 is 143 Å². The van der Waals surface area contributed by atoms with Gasteiger partial charge < -0.3 is 85.3 Å². The molecule has 2 saturated carbocycles. The summed E-state index contributed by atoms with van der Waals surface area (Å²) in [5.41, 5.74) is -2.91. The summed E-state index contributed by atoms with van der Waals surface area (Å²) < 4.78 is 97.5. The second kappa shape index (κ2) is 38.9. The van der Waals surface area contributed by atoms with Gasteiger partial charge in [-0.3, -0.25) is 52.7 Å². The molecule has 13 saturated heterocycles. The van der Waals surface area contributed by atoms with Crippen LogP contribution in [0.4, 0.5) is 0 Å². The summed E-state index contributed by atoms with van der Waals surface area (Å²) in [7, 11) is 1.34. The van der Waals surface area contributed by atoms with E-state index in [1.54, 1.807) is 13.8 Å². The maximum absolute atomic E-state index is 12.2. The molecular formula is C88H134O30. The molecule has 25 atom stereocenters. The highest BCUT2D eigenvalue weighted by Gasteiger charge is 2.70. The van der Waals surface area contributed by atoms with Gasteiger partial charge in [0.05, 0.1) is 138 Å². The highest BCUT2D eigenvalue weighted by Crippen LogP contribution is 2.61. The first kappa shape index (κ1) is 93.7. The molecule has 30 heteroatoms. The number of fused-ring (bicyclic) bond motifs is 9. The smallest absolute Gasteiger partial charge is 0.344 e. The Labute approximate surface area is 694 Å². The van der Waals surface area contributed by atoms with E-state index < -0.39 is 51.2 Å². The summed E-state index contributed by atoms with van der Waals surface area (Å²) in [6.07, 6.45) is 15.8. The van der Waals surface area contributed by atoms with Crippen molar-refractivity contribution >= 4 is 71.6 Å². The molecule has 2 aliphatic carbocycles. The predicted octanol–water partition coefficient (Wildman–Crippen LogP) is 10.6. The summed E-state index contributed by atoms with van der Waals surface area (Å²) in [5.74, 6) is -3.78. The van der Waals surface area contributed by atoms with Crippen LogP contribution in [-0.2, 0) is 143 Å². The van der Waals surface area contributed by atoms with Crippen LogP contribution in [0.1, 0.15) is 253 Å². The lowest BCUT2D eigenvalue weighted by Gasteiger charge is -2.31. The number of methoxy groups -OCH3 is 1. The van der Waals surface area contributed by atoms with Crippen molar-refractivity contribution in [3.8, 4) is 0 Å². The van der Waals surface area contributed by atoms with Crippen molar-refractivity contribution in [2.45, 2.75) is 357 Å². The number of hydrogen-bond acceptors (Lipinski definition) is 30. The first-order chi connectivity index (χ1) is 55.6. The Morgan fingerprint density at radius 2 is 0.805 bits per heavy atom. The summed E-state index contributed by atoms with van der Waals surface area (Å²) in [4.78, 5) is 142. The second-order valence-electron chi connectivity index (χ2n) is 38.4. The topological polar surface area (TPSA) is 371 Å². The minimum Gasteiger partial charge on any atom is -0.469 e. The Hall–Kier alpha value is -6.60. The molecule has 0 aromatic heterocycles. The second-order valence-corrected chi connectivity index (χ2v) is 38.4. The van der Waals surface area contributed by atoms with Gasteiger partial charge in [-0.25, -0.2) is 4.79 Å². The molecule has 15 aliphatic rings. The molecule has 15 rings (SSSR count). The molecule has 0 amide bonds. The van der Waals surface area contributed by atoms with Crippen molar-refractivity contribution in [1.82, 2.24) is 0 Å². The summed E-state index contributed by atoms with van der Waals surface area (Å²) >= 11 is 0. The Kier molecular flexibility index (Phi) is 30.8. The number of hydrogen-bond donors (Lipinski definition) is 0. The highest BCUT2D eigenvalue weighted by molar-refractivity contribution is 5.86. The van der Waals surface area contributed by atoms with Crippen LogP contribution in [0.3, 0.4) is 0 Å². The monoisotopic (exact) mass is 1670 g/mol. The van der Waals surface area contributed by atoms with Crippen molar-refractivity contribution in [2.24, 2.45) is 79.8 Å². The van der Waals surface area contributed by atoms with Gasteiger partial charge in [0.25, 0.3) is 0 Å². The molecule has 0 spiro atoms. The SMILES string of the molecule is CCC(C)(C)C(=O)OC1C2CC3C(=O)OC1C3O2.CCC(C)(C)C(=O)OCC(=O)OC1CC2CCC1O2.CCC(C)(C)C(=O)OCC1C2CC3C1OC(=O)C3C2C(=O)OC.CCC(C)(C)C(=O)OCCC(=O)OC1CC2CCC1O2.CCC(C)(C)C(=O)OCCC1CC2CCC1O2.CCC(C)(C)C(=O)OCCOC1C2CC3C(=O)OC1C3O2. The van der Waals surface area contributed by atoms with E-state index in [9.17, 15) is 57.5 Å². The third-order valence-corrected chi connectivity index (χ3v) is 28.2. The van der Waals surface area contributed by atoms with Crippen LogP contribution in [-0.4, -0.2) is 222 Å². The average Bonchev–Trinajstić information content (AvgIpc) is 1.55. The van der Waals surface area contributed by atoms with Crippen molar-refractivity contribution in [3.05, 3.63) is 0 Å². The molecule has 30 nitrogen and oxygen atoms in total. The first-order valence-electron chi connectivity index (χ1n) is 43.6. The average molecular weight is 1670 g/mol. The zero-order chi connectivity index (χ0) is 86.5. The summed E-state index contributed by atoms with van der Waals surface area (Å²) in [6.45, 7) is 35.0. The van der Waals surface area contributed by atoms with Crippen LogP contribution in [0.15, 0.2) is 0 Å². The van der Waals surface area contributed by atoms with Gasteiger partial charge in [0.1, 0.15) is 49.8 Å². The number of carbonyl (C=O) groups excluding carboxylic acids is 12. The number of rotatable bonds is 30. The minimum absolute atomic E-state index is 0.00793. The Balaban J connectivity index is 0.000000149. The third-order valence-electron chi connectivity index (χ3n) is 28.2. The predicted molar refractivity (Wildman–Crippen MR) is 416 cm³/mol. The molecule has 0 aromatic rings. The molecule has 15 fully saturated rings. The zero-order valence-corrected chi connectivity index (χ0v) is 73.1. The van der Waals surface area contributed by atoms with Crippen LogP contribution in [0.5, 0.6) is 0 Å². The van der Waals surface area contributed by atoms with Crippen LogP contribution in [0.25, 0.3) is 0 Å².